The van der Waals surface area contributed by atoms with Crippen molar-refractivity contribution in [1.82, 2.24) is 15.5 Å². The van der Waals surface area contributed by atoms with Crippen molar-refractivity contribution in [2.45, 2.75) is 69.2 Å². The molecule has 4 nitrogen and oxygen atoms in total. The summed E-state index contributed by atoms with van der Waals surface area (Å²) in [6.07, 6.45) is 6.95. The molecule has 3 aliphatic rings. The van der Waals surface area contributed by atoms with Gasteiger partial charge in [0.2, 0.25) is 5.91 Å². The Labute approximate surface area is 162 Å². The van der Waals surface area contributed by atoms with E-state index >= 15 is 0 Å². The molecule has 1 amide bonds. The zero-order chi connectivity index (χ0) is 15.8. The van der Waals surface area contributed by atoms with E-state index in [9.17, 15) is 4.79 Å². The Kier molecular flexibility index (Phi) is 7.15. The number of halogens is 2. The van der Waals surface area contributed by atoms with Crippen LogP contribution in [-0.4, -0.2) is 42.0 Å². The predicted molar refractivity (Wildman–Crippen MR) is 106 cm³/mol. The van der Waals surface area contributed by atoms with Crippen LogP contribution in [0.4, 0.5) is 0 Å². The minimum Gasteiger partial charge on any atom is -0.352 e. The molecule has 0 spiro atoms. The molecule has 1 aromatic carbocycles. The summed E-state index contributed by atoms with van der Waals surface area (Å²) in [5, 5.41) is 6.74. The van der Waals surface area contributed by atoms with Crippen LogP contribution in [0.3, 0.4) is 0 Å². The van der Waals surface area contributed by atoms with Gasteiger partial charge >= 0.3 is 0 Å². The van der Waals surface area contributed by atoms with Gasteiger partial charge in [-0.15, -0.1) is 24.8 Å². The summed E-state index contributed by atoms with van der Waals surface area (Å²) in [6, 6.07) is 10.0. The van der Waals surface area contributed by atoms with Gasteiger partial charge in [0, 0.05) is 24.7 Å². The molecule has 0 saturated carbocycles. The summed E-state index contributed by atoms with van der Waals surface area (Å²) in [6.45, 7) is 0.799. The van der Waals surface area contributed by atoms with Crippen LogP contribution in [0.1, 0.15) is 43.2 Å². The first-order valence-corrected chi connectivity index (χ1v) is 9.03. The third kappa shape index (κ3) is 4.30. The average Bonchev–Trinajstić information content (AvgIpc) is 2.55. The van der Waals surface area contributed by atoms with Gasteiger partial charge in [0.15, 0.2) is 0 Å². The standard InChI is InChI=1S/C19H27N3O.2ClH/c1-22-16-7-4-8-17(22)11-15(10-16)21-19(23)18-9-13-5-2-3-6-14(13)12-20-18;;/h2-3,5-6,15-18,20H,4,7-12H2,1H3,(H,21,23);2*1H. The smallest absolute Gasteiger partial charge is 0.237 e. The SMILES string of the molecule is CN1C2CCCC1CC(NC(=O)C1Cc3ccccc3CN1)C2.Cl.Cl. The number of carbonyl (C=O) groups excluding carboxylic acids is 1. The van der Waals surface area contributed by atoms with Gasteiger partial charge in [-0.3, -0.25) is 4.79 Å². The molecule has 3 atom stereocenters. The van der Waals surface area contributed by atoms with Crippen molar-refractivity contribution in [2.24, 2.45) is 0 Å². The monoisotopic (exact) mass is 385 g/mol. The van der Waals surface area contributed by atoms with Gasteiger partial charge in [0.05, 0.1) is 6.04 Å². The lowest BCUT2D eigenvalue weighted by atomic mass is 9.82. The maximum atomic E-state index is 12.7. The third-order valence-electron chi connectivity index (χ3n) is 6.08. The van der Waals surface area contributed by atoms with Crippen LogP contribution >= 0.6 is 24.8 Å². The summed E-state index contributed by atoms with van der Waals surface area (Å²) >= 11 is 0. The summed E-state index contributed by atoms with van der Waals surface area (Å²) in [4.78, 5) is 15.2. The Bertz CT molecular complexity index is 584. The van der Waals surface area contributed by atoms with Crippen LogP contribution in [0.25, 0.3) is 0 Å². The first-order chi connectivity index (χ1) is 11.2. The van der Waals surface area contributed by atoms with Gasteiger partial charge in [-0.1, -0.05) is 30.7 Å². The topological polar surface area (TPSA) is 44.4 Å². The quantitative estimate of drug-likeness (QED) is 0.822. The molecule has 1 aromatic rings. The van der Waals surface area contributed by atoms with Gasteiger partial charge < -0.3 is 15.5 Å². The molecule has 3 unspecified atom stereocenters. The first kappa shape index (κ1) is 20.5. The molecule has 2 fully saturated rings. The van der Waals surface area contributed by atoms with E-state index in [0.717, 1.165) is 25.8 Å². The van der Waals surface area contributed by atoms with Crippen LogP contribution in [0.2, 0.25) is 0 Å². The second kappa shape index (κ2) is 8.72. The fourth-order valence-electron chi connectivity index (χ4n) is 4.68. The third-order valence-corrected chi connectivity index (χ3v) is 6.08. The Balaban J connectivity index is 0.00000113. The zero-order valence-corrected chi connectivity index (χ0v) is 16.4. The van der Waals surface area contributed by atoms with Crippen molar-refractivity contribution in [1.29, 1.82) is 0 Å². The van der Waals surface area contributed by atoms with E-state index in [1.54, 1.807) is 0 Å². The van der Waals surface area contributed by atoms with E-state index in [4.69, 9.17) is 0 Å². The maximum absolute atomic E-state index is 12.7. The van der Waals surface area contributed by atoms with Crippen molar-refractivity contribution in [3.8, 4) is 0 Å². The van der Waals surface area contributed by atoms with E-state index in [0.29, 0.717) is 18.1 Å². The highest BCUT2D eigenvalue weighted by Gasteiger charge is 2.37. The van der Waals surface area contributed by atoms with Crippen molar-refractivity contribution in [2.75, 3.05) is 7.05 Å². The lowest BCUT2D eigenvalue weighted by Gasteiger charge is -2.47. The number of carbonyl (C=O) groups is 1. The highest BCUT2D eigenvalue weighted by Crippen LogP contribution is 2.32. The number of rotatable bonds is 2. The van der Waals surface area contributed by atoms with Crippen LogP contribution < -0.4 is 10.6 Å². The molecule has 0 radical (unpaired) electrons. The van der Waals surface area contributed by atoms with Gasteiger partial charge in [-0.2, -0.15) is 0 Å². The van der Waals surface area contributed by atoms with E-state index < -0.39 is 0 Å². The van der Waals surface area contributed by atoms with Gasteiger partial charge in [0.25, 0.3) is 0 Å². The number of benzene rings is 1. The Morgan fingerprint density at radius 1 is 1.12 bits per heavy atom. The molecule has 2 N–H and O–H groups in total. The van der Waals surface area contributed by atoms with Crippen molar-refractivity contribution < 1.29 is 4.79 Å². The van der Waals surface area contributed by atoms with Gasteiger partial charge in [0.1, 0.15) is 0 Å². The van der Waals surface area contributed by atoms with E-state index in [-0.39, 0.29) is 36.8 Å². The minimum atomic E-state index is -0.0793. The lowest BCUT2D eigenvalue weighted by molar-refractivity contribution is -0.124. The Morgan fingerprint density at radius 3 is 2.44 bits per heavy atom. The Morgan fingerprint density at radius 2 is 1.76 bits per heavy atom. The van der Waals surface area contributed by atoms with Crippen molar-refractivity contribution in [3.05, 3.63) is 35.4 Å². The molecular formula is C19H29Cl2N3O. The van der Waals surface area contributed by atoms with Crippen molar-refractivity contribution in [3.63, 3.8) is 0 Å². The molecule has 140 valence electrons. The molecule has 25 heavy (non-hydrogen) atoms. The molecule has 2 saturated heterocycles. The molecule has 3 heterocycles. The minimum absolute atomic E-state index is 0. The summed E-state index contributed by atoms with van der Waals surface area (Å²) < 4.78 is 0. The molecule has 0 aromatic heterocycles. The molecule has 2 bridgehead atoms. The zero-order valence-electron chi connectivity index (χ0n) is 14.7. The first-order valence-electron chi connectivity index (χ1n) is 9.03. The highest BCUT2D eigenvalue weighted by molar-refractivity contribution is 5.85. The predicted octanol–water partition coefficient (Wildman–Crippen LogP) is 2.68. The second-order valence-electron chi connectivity index (χ2n) is 7.49. The molecule has 6 heteroatoms. The molecule has 3 aliphatic heterocycles. The average molecular weight is 386 g/mol. The van der Waals surface area contributed by atoms with Crippen LogP contribution in [0, 0.1) is 0 Å². The van der Waals surface area contributed by atoms with Gasteiger partial charge in [-0.05, 0) is 50.3 Å². The van der Waals surface area contributed by atoms with Crippen LogP contribution in [0.15, 0.2) is 24.3 Å². The Hall–Kier alpha value is -0.810. The van der Waals surface area contributed by atoms with E-state index in [1.807, 2.05) is 0 Å². The van der Waals surface area contributed by atoms with Crippen molar-refractivity contribution >= 4 is 30.7 Å². The number of piperidine rings is 2. The lowest BCUT2D eigenvalue weighted by Crippen LogP contribution is -2.57. The normalized spacial score (nSPS) is 31.1. The highest BCUT2D eigenvalue weighted by atomic mass is 35.5. The molecule has 0 aliphatic carbocycles. The largest absolute Gasteiger partial charge is 0.352 e. The fraction of sp³-hybridized carbons (Fsp3) is 0.632. The van der Waals surface area contributed by atoms with Crippen LogP contribution in [-0.2, 0) is 17.8 Å². The number of nitrogens with one attached hydrogen (secondary N) is 2. The molecular weight excluding hydrogens is 357 g/mol. The summed E-state index contributed by atoms with van der Waals surface area (Å²) in [5.74, 6) is 0.187. The number of hydrogen-bond acceptors (Lipinski definition) is 3. The summed E-state index contributed by atoms with van der Waals surface area (Å²) in [7, 11) is 2.26. The maximum Gasteiger partial charge on any atom is 0.237 e. The summed E-state index contributed by atoms with van der Waals surface area (Å²) in [5.41, 5.74) is 2.64. The number of amides is 1. The van der Waals surface area contributed by atoms with E-state index in [2.05, 4.69) is 46.8 Å². The number of nitrogens with zero attached hydrogens (tertiary/aromatic N) is 1. The van der Waals surface area contributed by atoms with Crippen LogP contribution in [0.5, 0.6) is 0 Å². The number of fused-ring (bicyclic) bond motifs is 3. The van der Waals surface area contributed by atoms with Gasteiger partial charge in [-0.25, -0.2) is 0 Å². The fourth-order valence-corrected chi connectivity index (χ4v) is 4.68. The number of hydrogen-bond donors (Lipinski definition) is 2. The second-order valence-corrected chi connectivity index (χ2v) is 7.49. The van der Waals surface area contributed by atoms with E-state index in [1.165, 1.54) is 30.4 Å². The molecule has 4 rings (SSSR count).